The zero-order valence-corrected chi connectivity index (χ0v) is 13.3. The fourth-order valence-electron chi connectivity index (χ4n) is 2.19. The van der Waals surface area contributed by atoms with Crippen molar-refractivity contribution in [1.82, 2.24) is 5.32 Å². The molecule has 0 aliphatic carbocycles. The van der Waals surface area contributed by atoms with E-state index in [1.165, 1.54) is 18.4 Å². The third-order valence-electron chi connectivity index (χ3n) is 3.37. The largest absolute Gasteiger partial charge is 0.462 e. The molecule has 1 aromatic rings. The molecule has 2 N–H and O–H groups in total. The predicted octanol–water partition coefficient (Wildman–Crippen LogP) is 2.60. The van der Waals surface area contributed by atoms with E-state index in [0.717, 1.165) is 18.7 Å². The molecule has 0 spiro atoms. The van der Waals surface area contributed by atoms with Gasteiger partial charge in [-0.25, -0.2) is 0 Å². The number of nitrogens with one attached hydrogen (secondary N) is 1. The van der Waals surface area contributed by atoms with Gasteiger partial charge in [0.2, 0.25) is 0 Å². The SMILES string of the molecule is CC(C)(C)OC=O.OCc1ccc(C2CCNCC2)cc1. The lowest BCUT2D eigenvalue weighted by molar-refractivity contribution is -0.138. The second kappa shape index (κ2) is 8.80. The Morgan fingerprint density at radius 1 is 1.24 bits per heavy atom. The van der Waals surface area contributed by atoms with Crippen molar-refractivity contribution in [2.24, 2.45) is 0 Å². The summed E-state index contributed by atoms with van der Waals surface area (Å²) in [5, 5.41) is 12.3. The number of carbonyl (C=O) groups is 1. The average Bonchev–Trinajstić information content (AvgIpc) is 2.48. The molecule has 1 saturated heterocycles. The molecule has 1 heterocycles. The molecule has 21 heavy (non-hydrogen) atoms. The number of rotatable bonds is 3. The molecule has 0 bridgehead atoms. The summed E-state index contributed by atoms with van der Waals surface area (Å²) in [7, 11) is 0. The number of aliphatic hydroxyl groups excluding tert-OH is 1. The normalized spacial score (nSPS) is 15.8. The summed E-state index contributed by atoms with van der Waals surface area (Å²) in [6, 6.07) is 8.36. The monoisotopic (exact) mass is 293 g/mol. The van der Waals surface area contributed by atoms with E-state index in [4.69, 9.17) is 5.11 Å². The molecule has 0 unspecified atom stereocenters. The molecule has 0 amide bonds. The predicted molar refractivity (Wildman–Crippen MR) is 84.1 cm³/mol. The fourth-order valence-corrected chi connectivity index (χ4v) is 2.19. The molecular formula is C17H27NO3. The quantitative estimate of drug-likeness (QED) is 0.841. The van der Waals surface area contributed by atoms with Gasteiger partial charge in [0.25, 0.3) is 6.47 Å². The van der Waals surface area contributed by atoms with Gasteiger partial charge in [-0.05, 0) is 63.7 Å². The minimum Gasteiger partial charge on any atom is -0.462 e. The lowest BCUT2D eigenvalue weighted by Crippen LogP contribution is -2.26. The standard InChI is InChI=1S/C12H17NO.C5H10O2/c14-9-10-1-3-11(4-2-10)12-5-7-13-8-6-12;1-5(2,3)7-4-6/h1-4,12-14H,5-9H2;4H,1-3H3. The number of aliphatic hydroxyl groups is 1. The molecule has 0 saturated carbocycles. The molecule has 0 atom stereocenters. The lowest BCUT2D eigenvalue weighted by atomic mass is 9.90. The van der Waals surface area contributed by atoms with Crippen LogP contribution in [0, 0.1) is 0 Å². The van der Waals surface area contributed by atoms with E-state index in [9.17, 15) is 4.79 Å². The zero-order chi connectivity index (χ0) is 15.7. The maximum Gasteiger partial charge on any atom is 0.293 e. The van der Waals surface area contributed by atoms with Gasteiger partial charge in [0.1, 0.15) is 5.60 Å². The average molecular weight is 293 g/mol. The van der Waals surface area contributed by atoms with Crippen LogP contribution in [-0.2, 0) is 16.1 Å². The highest BCUT2D eigenvalue weighted by Crippen LogP contribution is 2.25. The molecule has 4 heteroatoms. The van der Waals surface area contributed by atoms with Gasteiger partial charge in [-0.15, -0.1) is 0 Å². The molecule has 1 aliphatic rings. The van der Waals surface area contributed by atoms with Crippen LogP contribution in [0.3, 0.4) is 0 Å². The Hall–Kier alpha value is -1.39. The maximum absolute atomic E-state index is 9.60. The minimum absolute atomic E-state index is 0.145. The van der Waals surface area contributed by atoms with E-state index >= 15 is 0 Å². The Balaban J connectivity index is 0.000000270. The highest BCUT2D eigenvalue weighted by Gasteiger charge is 2.14. The Bertz CT molecular complexity index is 403. The lowest BCUT2D eigenvalue weighted by Gasteiger charge is -2.23. The van der Waals surface area contributed by atoms with Crippen molar-refractivity contribution in [2.45, 2.75) is 51.7 Å². The smallest absolute Gasteiger partial charge is 0.293 e. The maximum atomic E-state index is 9.60. The summed E-state index contributed by atoms with van der Waals surface area (Å²) in [5.74, 6) is 0.712. The van der Waals surface area contributed by atoms with Crippen molar-refractivity contribution >= 4 is 6.47 Å². The van der Waals surface area contributed by atoms with Crippen molar-refractivity contribution in [3.8, 4) is 0 Å². The number of hydrogen-bond acceptors (Lipinski definition) is 4. The molecular weight excluding hydrogens is 266 g/mol. The topological polar surface area (TPSA) is 58.6 Å². The minimum atomic E-state index is -0.318. The van der Waals surface area contributed by atoms with Gasteiger partial charge in [0, 0.05) is 0 Å². The van der Waals surface area contributed by atoms with Gasteiger partial charge in [-0.3, -0.25) is 4.79 Å². The van der Waals surface area contributed by atoms with Crippen molar-refractivity contribution in [1.29, 1.82) is 0 Å². The first kappa shape index (κ1) is 17.7. The number of carbonyl (C=O) groups excluding carboxylic acids is 1. The van der Waals surface area contributed by atoms with E-state index in [1.54, 1.807) is 0 Å². The number of piperidine rings is 1. The van der Waals surface area contributed by atoms with Gasteiger partial charge in [-0.1, -0.05) is 24.3 Å². The van der Waals surface area contributed by atoms with Crippen LogP contribution in [0.25, 0.3) is 0 Å². The molecule has 1 aromatic carbocycles. The van der Waals surface area contributed by atoms with Crippen LogP contribution in [0.2, 0.25) is 0 Å². The Morgan fingerprint density at radius 2 is 1.81 bits per heavy atom. The number of hydrogen-bond donors (Lipinski definition) is 2. The molecule has 0 aromatic heterocycles. The summed E-state index contributed by atoms with van der Waals surface area (Å²) in [6.07, 6.45) is 2.47. The first-order valence-electron chi connectivity index (χ1n) is 7.48. The van der Waals surface area contributed by atoms with E-state index in [0.29, 0.717) is 12.4 Å². The molecule has 118 valence electrons. The zero-order valence-electron chi connectivity index (χ0n) is 13.3. The van der Waals surface area contributed by atoms with Crippen molar-refractivity contribution in [3.63, 3.8) is 0 Å². The third-order valence-corrected chi connectivity index (χ3v) is 3.37. The summed E-state index contributed by atoms with van der Waals surface area (Å²) in [6.45, 7) is 8.33. The second-order valence-corrected chi connectivity index (χ2v) is 6.25. The van der Waals surface area contributed by atoms with E-state index < -0.39 is 0 Å². The van der Waals surface area contributed by atoms with Crippen LogP contribution in [0.4, 0.5) is 0 Å². The Kier molecular flexibility index (Phi) is 7.40. The number of ether oxygens (including phenoxy) is 1. The van der Waals surface area contributed by atoms with Crippen molar-refractivity contribution in [2.75, 3.05) is 13.1 Å². The first-order valence-corrected chi connectivity index (χ1v) is 7.48. The first-order chi connectivity index (χ1) is 9.96. The summed E-state index contributed by atoms with van der Waals surface area (Å²) >= 11 is 0. The van der Waals surface area contributed by atoms with Crippen LogP contribution in [-0.4, -0.2) is 30.3 Å². The van der Waals surface area contributed by atoms with Gasteiger partial charge in [0.05, 0.1) is 6.61 Å². The number of benzene rings is 1. The van der Waals surface area contributed by atoms with E-state index in [1.807, 2.05) is 32.9 Å². The van der Waals surface area contributed by atoms with Crippen molar-refractivity contribution < 1.29 is 14.6 Å². The van der Waals surface area contributed by atoms with Gasteiger partial charge in [0.15, 0.2) is 0 Å². The van der Waals surface area contributed by atoms with Crippen LogP contribution in [0.15, 0.2) is 24.3 Å². The summed E-state index contributed by atoms with van der Waals surface area (Å²) in [4.78, 5) is 9.60. The molecule has 4 nitrogen and oxygen atoms in total. The molecule has 1 aliphatic heterocycles. The Morgan fingerprint density at radius 3 is 2.19 bits per heavy atom. The Labute approximate surface area is 127 Å². The van der Waals surface area contributed by atoms with Crippen molar-refractivity contribution in [3.05, 3.63) is 35.4 Å². The van der Waals surface area contributed by atoms with Crippen LogP contribution in [0.5, 0.6) is 0 Å². The molecule has 1 fully saturated rings. The second-order valence-electron chi connectivity index (χ2n) is 6.25. The van der Waals surface area contributed by atoms with E-state index in [2.05, 4.69) is 22.2 Å². The summed E-state index contributed by atoms with van der Waals surface area (Å²) in [5.41, 5.74) is 2.10. The summed E-state index contributed by atoms with van der Waals surface area (Å²) < 4.78 is 4.55. The van der Waals surface area contributed by atoms with Crippen LogP contribution < -0.4 is 5.32 Å². The van der Waals surface area contributed by atoms with Crippen LogP contribution in [0.1, 0.15) is 50.7 Å². The molecule has 0 radical (unpaired) electrons. The fraction of sp³-hybridized carbons (Fsp3) is 0.588. The van der Waals surface area contributed by atoms with Gasteiger partial charge < -0.3 is 15.2 Å². The highest BCUT2D eigenvalue weighted by atomic mass is 16.5. The van der Waals surface area contributed by atoms with E-state index in [-0.39, 0.29) is 12.2 Å². The third kappa shape index (κ3) is 7.25. The van der Waals surface area contributed by atoms with Gasteiger partial charge in [-0.2, -0.15) is 0 Å². The van der Waals surface area contributed by atoms with Crippen LogP contribution >= 0.6 is 0 Å². The highest BCUT2D eigenvalue weighted by molar-refractivity contribution is 5.37. The van der Waals surface area contributed by atoms with Gasteiger partial charge >= 0.3 is 0 Å². The molecule has 2 rings (SSSR count).